The molecule has 1 aromatic carbocycles. The molecule has 2 aromatic rings. The number of halogens is 1. The van der Waals surface area contributed by atoms with Gasteiger partial charge in [0.25, 0.3) is 0 Å². The molecule has 0 unspecified atom stereocenters. The lowest BCUT2D eigenvalue weighted by atomic mass is 10.2. The quantitative estimate of drug-likeness (QED) is 0.741. The highest BCUT2D eigenvalue weighted by Gasteiger charge is 2.07. The van der Waals surface area contributed by atoms with Gasteiger partial charge in [0, 0.05) is 36.5 Å². The van der Waals surface area contributed by atoms with Gasteiger partial charge < -0.3 is 10.1 Å². The van der Waals surface area contributed by atoms with Gasteiger partial charge in [-0.1, -0.05) is 36.4 Å². The Labute approximate surface area is 138 Å². The van der Waals surface area contributed by atoms with E-state index in [0.717, 1.165) is 45.2 Å². The topological polar surface area (TPSA) is 47.0 Å². The molecule has 0 saturated carbocycles. The smallest absolute Gasteiger partial charge is 0.174 e. The van der Waals surface area contributed by atoms with E-state index < -0.39 is 0 Å². The minimum Gasteiger partial charge on any atom is -0.383 e. The summed E-state index contributed by atoms with van der Waals surface area (Å²) in [4.78, 5) is 5.53. The van der Waals surface area contributed by atoms with Crippen LogP contribution in [0.4, 0.5) is 0 Å². The second kappa shape index (κ2) is 8.70. The van der Waals surface area contributed by atoms with E-state index in [1.54, 1.807) is 18.9 Å². The summed E-state index contributed by atoms with van der Waals surface area (Å²) in [5.41, 5.74) is 1.09. The minimum absolute atomic E-state index is 0.697. The second-order valence-corrected chi connectivity index (χ2v) is 6.83. The van der Waals surface area contributed by atoms with E-state index in [4.69, 9.17) is 16.3 Å². The Kier molecular flexibility index (Phi) is 6.92. The molecule has 0 radical (unpaired) electrons. The van der Waals surface area contributed by atoms with Crippen LogP contribution in [0.5, 0.6) is 0 Å². The molecule has 1 N–H and O–H groups in total. The molecule has 114 valence electrons. The SMILES string of the molecule is CCc1nsc(Sc2ccc(CNCCOC)c(Cl)c2)n1. The molecule has 0 aliphatic rings. The first-order valence-electron chi connectivity index (χ1n) is 6.71. The molecule has 0 aliphatic carbocycles. The fourth-order valence-electron chi connectivity index (χ4n) is 1.66. The summed E-state index contributed by atoms with van der Waals surface area (Å²) >= 11 is 9.35. The number of methoxy groups -OCH3 is 1. The maximum Gasteiger partial charge on any atom is 0.174 e. The molecule has 0 aliphatic heterocycles. The standard InChI is InChI=1S/C14H18ClN3OS2/c1-3-13-17-14(21-18-13)20-11-5-4-10(12(15)8-11)9-16-6-7-19-2/h4-5,8,16H,3,6-7,9H2,1-2H3. The van der Waals surface area contributed by atoms with Crippen LogP contribution in [0, 0.1) is 0 Å². The van der Waals surface area contributed by atoms with E-state index in [0.29, 0.717) is 6.61 Å². The Morgan fingerprint density at radius 2 is 2.29 bits per heavy atom. The van der Waals surface area contributed by atoms with Gasteiger partial charge in [0.1, 0.15) is 5.82 Å². The number of nitrogens with one attached hydrogen (secondary N) is 1. The molecule has 0 saturated heterocycles. The normalized spacial score (nSPS) is 11.0. The molecule has 0 amide bonds. The van der Waals surface area contributed by atoms with Crippen molar-refractivity contribution in [2.24, 2.45) is 0 Å². The summed E-state index contributed by atoms with van der Waals surface area (Å²) in [6, 6.07) is 6.09. The highest BCUT2D eigenvalue weighted by molar-refractivity contribution is 8.01. The lowest BCUT2D eigenvalue weighted by Gasteiger charge is -2.07. The maximum atomic E-state index is 6.32. The molecule has 2 rings (SSSR count). The molecular formula is C14H18ClN3OS2. The highest BCUT2D eigenvalue weighted by atomic mass is 35.5. The fraction of sp³-hybridized carbons (Fsp3) is 0.429. The number of hydrogen-bond donors (Lipinski definition) is 1. The van der Waals surface area contributed by atoms with Gasteiger partial charge >= 0.3 is 0 Å². The van der Waals surface area contributed by atoms with Gasteiger partial charge in [-0.2, -0.15) is 4.37 Å². The van der Waals surface area contributed by atoms with Crippen molar-refractivity contribution in [2.75, 3.05) is 20.3 Å². The van der Waals surface area contributed by atoms with E-state index >= 15 is 0 Å². The van der Waals surface area contributed by atoms with Crippen molar-refractivity contribution in [3.05, 3.63) is 34.6 Å². The number of aryl methyl sites for hydroxylation is 1. The molecule has 0 spiro atoms. The van der Waals surface area contributed by atoms with Crippen molar-refractivity contribution in [3.8, 4) is 0 Å². The Bertz CT molecular complexity index is 577. The molecule has 1 aromatic heterocycles. The van der Waals surface area contributed by atoms with Gasteiger partial charge in [0.05, 0.1) is 6.61 Å². The number of aromatic nitrogens is 2. The molecule has 4 nitrogen and oxygen atoms in total. The Balaban J connectivity index is 1.94. The first kappa shape index (κ1) is 16.7. The van der Waals surface area contributed by atoms with Crippen LogP contribution in [0.2, 0.25) is 5.02 Å². The average Bonchev–Trinajstić information content (AvgIpc) is 2.93. The van der Waals surface area contributed by atoms with Crippen LogP contribution in [-0.4, -0.2) is 29.6 Å². The molecule has 0 fully saturated rings. The molecule has 21 heavy (non-hydrogen) atoms. The van der Waals surface area contributed by atoms with Crippen LogP contribution >= 0.6 is 34.9 Å². The van der Waals surface area contributed by atoms with E-state index in [1.807, 2.05) is 12.1 Å². The van der Waals surface area contributed by atoms with E-state index in [2.05, 4.69) is 27.7 Å². The zero-order chi connectivity index (χ0) is 15.1. The predicted molar refractivity (Wildman–Crippen MR) is 88.4 cm³/mol. The maximum absolute atomic E-state index is 6.32. The first-order valence-corrected chi connectivity index (χ1v) is 8.68. The van der Waals surface area contributed by atoms with Gasteiger partial charge in [-0.15, -0.1) is 0 Å². The monoisotopic (exact) mass is 343 g/mol. The van der Waals surface area contributed by atoms with Crippen LogP contribution in [0.3, 0.4) is 0 Å². The summed E-state index contributed by atoms with van der Waals surface area (Å²) in [6.07, 6.45) is 0.865. The van der Waals surface area contributed by atoms with Crippen LogP contribution in [0.1, 0.15) is 18.3 Å². The average molecular weight is 344 g/mol. The summed E-state index contributed by atoms with van der Waals surface area (Å²) < 4.78 is 10.2. The fourth-order valence-corrected chi connectivity index (χ4v) is 3.68. The van der Waals surface area contributed by atoms with Crippen LogP contribution in [0.15, 0.2) is 27.4 Å². The van der Waals surface area contributed by atoms with Gasteiger partial charge in [-0.3, -0.25) is 0 Å². The van der Waals surface area contributed by atoms with Gasteiger partial charge in [0.2, 0.25) is 0 Å². The van der Waals surface area contributed by atoms with Gasteiger partial charge in [-0.25, -0.2) is 4.98 Å². The third-order valence-electron chi connectivity index (χ3n) is 2.79. The zero-order valence-electron chi connectivity index (χ0n) is 12.1. The van der Waals surface area contributed by atoms with Crippen molar-refractivity contribution in [2.45, 2.75) is 29.1 Å². The summed E-state index contributed by atoms with van der Waals surface area (Å²) in [5, 5.41) is 4.06. The number of hydrogen-bond acceptors (Lipinski definition) is 6. The lowest BCUT2D eigenvalue weighted by molar-refractivity contribution is 0.199. The predicted octanol–water partition coefficient (Wildman–Crippen LogP) is 3.64. The van der Waals surface area contributed by atoms with Gasteiger partial charge in [-0.05, 0) is 29.2 Å². The Morgan fingerprint density at radius 1 is 1.43 bits per heavy atom. The molecular weight excluding hydrogens is 326 g/mol. The van der Waals surface area contributed by atoms with Crippen molar-refractivity contribution in [1.82, 2.24) is 14.7 Å². The molecule has 7 heteroatoms. The lowest BCUT2D eigenvalue weighted by Crippen LogP contribution is -2.18. The second-order valence-electron chi connectivity index (χ2n) is 4.35. The van der Waals surface area contributed by atoms with Crippen LogP contribution in [-0.2, 0) is 17.7 Å². The first-order chi connectivity index (χ1) is 10.2. The Hall–Kier alpha value is -0.660. The van der Waals surface area contributed by atoms with Gasteiger partial charge in [0.15, 0.2) is 4.34 Å². The van der Waals surface area contributed by atoms with Crippen molar-refractivity contribution in [1.29, 1.82) is 0 Å². The third kappa shape index (κ3) is 5.23. The van der Waals surface area contributed by atoms with E-state index in [-0.39, 0.29) is 0 Å². The number of benzene rings is 1. The van der Waals surface area contributed by atoms with Crippen molar-refractivity contribution >= 4 is 34.9 Å². The third-order valence-corrected chi connectivity index (χ3v) is 4.92. The number of rotatable bonds is 8. The number of ether oxygens (including phenoxy) is 1. The summed E-state index contributed by atoms with van der Waals surface area (Å²) in [5.74, 6) is 0.896. The molecule has 0 atom stereocenters. The van der Waals surface area contributed by atoms with Crippen molar-refractivity contribution < 1.29 is 4.74 Å². The van der Waals surface area contributed by atoms with Crippen LogP contribution in [0.25, 0.3) is 0 Å². The largest absolute Gasteiger partial charge is 0.383 e. The number of nitrogens with zero attached hydrogens (tertiary/aromatic N) is 2. The summed E-state index contributed by atoms with van der Waals surface area (Å²) in [6.45, 7) is 4.31. The van der Waals surface area contributed by atoms with Crippen LogP contribution < -0.4 is 5.32 Å². The minimum atomic E-state index is 0.697. The zero-order valence-corrected chi connectivity index (χ0v) is 14.4. The molecule has 1 heterocycles. The highest BCUT2D eigenvalue weighted by Crippen LogP contribution is 2.31. The summed E-state index contributed by atoms with van der Waals surface area (Å²) in [7, 11) is 1.69. The van der Waals surface area contributed by atoms with Crippen molar-refractivity contribution in [3.63, 3.8) is 0 Å². The van der Waals surface area contributed by atoms with E-state index in [9.17, 15) is 0 Å². The Morgan fingerprint density at radius 3 is 2.95 bits per heavy atom. The molecule has 0 bridgehead atoms. The van der Waals surface area contributed by atoms with E-state index in [1.165, 1.54) is 11.5 Å².